The molecule has 0 unspecified atom stereocenters. The highest BCUT2D eigenvalue weighted by Crippen LogP contribution is 2.19. The van der Waals surface area contributed by atoms with Crippen molar-refractivity contribution in [2.45, 2.75) is 6.42 Å². The standard InChI is InChI=1S/C20H16ClNO3/c21-18-8-4-3-7-16(18)12-20(24)25-13-19(23)22-17-10-9-14-5-1-2-6-15(14)11-17/h1-11H,12-13H2,(H,22,23). The molecule has 0 heterocycles. The van der Waals surface area contributed by atoms with Gasteiger partial charge in [0.25, 0.3) is 5.91 Å². The first kappa shape index (κ1) is 17.0. The van der Waals surface area contributed by atoms with Crippen LogP contribution in [0.5, 0.6) is 0 Å². The number of anilines is 1. The molecule has 0 aliphatic heterocycles. The van der Waals surface area contributed by atoms with Crippen LogP contribution in [0.15, 0.2) is 66.7 Å². The molecule has 0 aliphatic carbocycles. The number of ether oxygens (including phenoxy) is 1. The Morgan fingerprint density at radius 3 is 2.44 bits per heavy atom. The van der Waals surface area contributed by atoms with Gasteiger partial charge < -0.3 is 10.1 Å². The minimum absolute atomic E-state index is 0.0307. The Balaban J connectivity index is 1.53. The van der Waals surface area contributed by atoms with Crippen LogP contribution in [-0.2, 0) is 20.7 Å². The van der Waals surface area contributed by atoms with Crippen LogP contribution in [0.25, 0.3) is 10.8 Å². The molecule has 3 rings (SSSR count). The van der Waals surface area contributed by atoms with Crippen LogP contribution in [0.4, 0.5) is 5.69 Å². The van der Waals surface area contributed by atoms with E-state index < -0.39 is 5.97 Å². The summed E-state index contributed by atoms with van der Waals surface area (Å²) in [4.78, 5) is 23.8. The predicted octanol–water partition coefficient (Wildman–Crippen LogP) is 4.22. The number of nitrogens with one attached hydrogen (secondary N) is 1. The van der Waals surface area contributed by atoms with E-state index in [1.807, 2.05) is 42.5 Å². The Labute approximate surface area is 150 Å². The van der Waals surface area contributed by atoms with Crippen molar-refractivity contribution in [1.29, 1.82) is 0 Å². The lowest BCUT2D eigenvalue weighted by molar-refractivity contribution is -0.146. The summed E-state index contributed by atoms with van der Waals surface area (Å²) in [5.74, 6) is -0.885. The number of benzene rings is 3. The van der Waals surface area contributed by atoms with E-state index in [1.54, 1.807) is 24.3 Å². The number of hydrogen-bond acceptors (Lipinski definition) is 3. The van der Waals surface area contributed by atoms with Gasteiger partial charge in [-0.25, -0.2) is 0 Å². The molecule has 25 heavy (non-hydrogen) atoms. The van der Waals surface area contributed by atoms with Crippen LogP contribution < -0.4 is 5.32 Å². The van der Waals surface area contributed by atoms with E-state index in [1.165, 1.54) is 0 Å². The van der Waals surface area contributed by atoms with E-state index in [0.29, 0.717) is 16.3 Å². The number of esters is 1. The molecule has 0 atom stereocenters. The number of carbonyl (C=O) groups excluding carboxylic acids is 2. The summed E-state index contributed by atoms with van der Waals surface area (Å²) in [6.07, 6.45) is 0.0307. The lowest BCUT2D eigenvalue weighted by atomic mass is 10.1. The van der Waals surface area contributed by atoms with Crippen molar-refractivity contribution < 1.29 is 14.3 Å². The summed E-state index contributed by atoms with van der Waals surface area (Å²) in [5.41, 5.74) is 1.33. The smallest absolute Gasteiger partial charge is 0.310 e. The van der Waals surface area contributed by atoms with E-state index in [0.717, 1.165) is 10.8 Å². The van der Waals surface area contributed by atoms with Crippen molar-refractivity contribution in [1.82, 2.24) is 0 Å². The molecule has 0 radical (unpaired) electrons. The van der Waals surface area contributed by atoms with Crippen LogP contribution in [0, 0.1) is 0 Å². The number of fused-ring (bicyclic) bond motifs is 1. The topological polar surface area (TPSA) is 55.4 Å². The SMILES string of the molecule is O=C(COC(=O)Cc1ccccc1Cl)Nc1ccc2ccccc2c1. The average molecular weight is 354 g/mol. The zero-order chi connectivity index (χ0) is 17.6. The first-order valence-electron chi connectivity index (χ1n) is 7.79. The first-order valence-corrected chi connectivity index (χ1v) is 8.17. The van der Waals surface area contributed by atoms with Gasteiger partial charge in [-0.2, -0.15) is 0 Å². The molecule has 1 N–H and O–H groups in total. The van der Waals surface area contributed by atoms with Gasteiger partial charge in [-0.15, -0.1) is 0 Å². The Morgan fingerprint density at radius 2 is 1.64 bits per heavy atom. The molecule has 4 nitrogen and oxygen atoms in total. The molecule has 0 bridgehead atoms. The molecular weight excluding hydrogens is 338 g/mol. The van der Waals surface area contributed by atoms with E-state index in [4.69, 9.17) is 16.3 Å². The zero-order valence-electron chi connectivity index (χ0n) is 13.4. The minimum atomic E-state index is -0.498. The third-order valence-electron chi connectivity index (χ3n) is 3.69. The number of carbonyl (C=O) groups is 2. The summed E-state index contributed by atoms with van der Waals surface area (Å²) < 4.78 is 5.01. The second-order valence-corrected chi connectivity index (χ2v) is 5.95. The fourth-order valence-corrected chi connectivity index (χ4v) is 2.66. The molecule has 0 aliphatic rings. The highest BCUT2D eigenvalue weighted by atomic mass is 35.5. The fourth-order valence-electron chi connectivity index (χ4n) is 2.46. The van der Waals surface area contributed by atoms with Gasteiger partial charge in [0.15, 0.2) is 6.61 Å². The van der Waals surface area contributed by atoms with Gasteiger partial charge in [0, 0.05) is 10.7 Å². The molecule has 3 aromatic rings. The quantitative estimate of drug-likeness (QED) is 0.699. The first-order chi connectivity index (χ1) is 12.1. The van der Waals surface area contributed by atoms with Crippen molar-refractivity contribution in [2.75, 3.05) is 11.9 Å². The average Bonchev–Trinajstić information content (AvgIpc) is 2.62. The molecule has 0 aromatic heterocycles. The molecule has 0 saturated heterocycles. The summed E-state index contributed by atoms with van der Waals surface area (Å²) >= 11 is 6.00. The number of rotatable bonds is 5. The Morgan fingerprint density at radius 1 is 0.920 bits per heavy atom. The molecule has 3 aromatic carbocycles. The maximum absolute atomic E-state index is 12.0. The molecule has 5 heteroatoms. The lowest BCUT2D eigenvalue weighted by Gasteiger charge is -2.08. The molecular formula is C20H16ClNO3. The Hall–Kier alpha value is -2.85. The van der Waals surface area contributed by atoms with Gasteiger partial charge in [-0.05, 0) is 34.5 Å². The second-order valence-electron chi connectivity index (χ2n) is 5.54. The van der Waals surface area contributed by atoms with E-state index in [2.05, 4.69) is 5.32 Å². The number of amides is 1. The van der Waals surface area contributed by atoms with Crippen molar-refractivity contribution in [2.24, 2.45) is 0 Å². The fraction of sp³-hybridized carbons (Fsp3) is 0.100. The lowest BCUT2D eigenvalue weighted by Crippen LogP contribution is -2.21. The maximum Gasteiger partial charge on any atom is 0.310 e. The predicted molar refractivity (Wildman–Crippen MR) is 98.7 cm³/mol. The normalized spacial score (nSPS) is 10.4. The molecule has 126 valence electrons. The van der Waals surface area contributed by atoms with Crippen LogP contribution in [0.2, 0.25) is 5.02 Å². The third kappa shape index (κ3) is 4.58. The minimum Gasteiger partial charge on any atom is -0.455 e. The zero-order valence-corrected chi connectivity index (χ0v) is 14.1. The van der Waals surface area contributed by atoms with Crippen LogP contribution in [0.3, 0.4) is 0 Å². The van der Waals surface area contributed by atoms with Gasteiger partial charge in [0.1, 0.15) is 0 Å². The van der Waals surface area contributed by atoms with Gasteiger partial charge in [0.05, 0.1) is 6.42 Å². The maximum atomic E-state index is 12.0. The Kier molecular flexibility index (Phi) is 5.31. The summed E-state index contributed by atoms with van der Waals surface area (Å²) in [5, 5.41) is 5.34. The molecule has 0 spiro atoms. The molecule has 0 fully saturated rings. The highest BCUT2D eigenvalue weighted by Gasteiger charge is 2.11. The van der Waals surface area contributed by atoms with Crippen molar-refractivity contribution >= 4 is 39.9 Å². The van der Waals surface area contributed by atoms with E-state index in [9.17, 15) is 9.59 Å². The second kappa shape index (κ2) is 7.81. The van der Waals surface area contributed by atoms with Crippen molar-refractivity contribution in [3.8, 4) is 0 Å². The van der Waals surface area contributed by atoms with E-state index >= 15 is 0 Å². The Bertz CT molecular complexity index is 923. The number of halogens is 1. The van der Waals surface area contributed by atoms with Crippen molar-refractivity contribution in [3.63, 3.8) is 0 Å². The number of hydrogen-bond donors (Lipinski definition) is 1. The van der Waals surface area contributed by atoms with Crippen LogP contribution >= 0.6 is 11.6 Å². The van der Waals surface area contributed by atoms with Crippen molar-refractivity contribution in [3.05, 3.63) is 77.3 Å². The van der Waals surface area contributed by atoms with Gasteiger partial charge in [0.2, 0.25) is 0 Å². The van der Waals surface area contributed by atoms with Crippen LogP contribution in [0.1, 0.15) is 5.56 Å². The largest absolute Gasteiger partial charge is 0.455 e. The molecule has 0 saturated carbocycles. The highest BCUT2D eigenvalue weighted by molar-refractivity contribution is 6.31. The monoisotopic (exact) mass is 353 g/mol. The summed E-state index contributed by atoms with van der Waals surface area (Å²) in [6.45, 7) is -0.337. The van der Waals surface area contributed by atoms with E-state index in [-0.39, 0.29) is 18.9 Å². The molecule has 1 amide bonds. The summed E-state index contributed by atoms with van der Waals surface area (Å²) in [6, 6.07) is 20.5. The third-order valence-corrected chi connectivity index (χ3v) is 4.06. The van der Waals surface area contributed by atoms with Gasteiger partial charge >= 0.3 is 5.97 Å². The van der Waals surface area contributed by atoms with Crippen LogP contribution in [-0.4, -0.2) is 18.5 Å². The summed E-state index contributed by atoms with van der Waals surface area (Å²) in [7, 11) is 0. The van der Waals surface area contributed by atoms with Gasteiger partial charge in [-0.1, -0.05) is 60.1 Å². The van der Waals surface area contributed by atoms with Gasteiger partial charge in [-0.3, -0.25) is 9.59 Å².